The Bertz CT molecular complexity index is 359. The average Bonchev–Trinajstić information content (AvgIpc) is 3.05. The minimum atomic E-state index is -0.527. The van der Waals surface area contributed by atoms with Gasteiger partial charge in [0.05, 0.1) is 11.1 Å². The Morgan fingerprint density at radius 1 is 1.60 bits per heavy atom. The van der Waals surface area contributed by atoms with E-state index >= 15 is 0 Å². The van der Waals surface area contributed by atoms with Crippen LogP contribution in [0.1, 0.15) is 31.9 Å². The molecule has 3 nitrogen and oxygen atoms in total. The zero-order chi connectivity index (χ0) is 10.9. The van der Waals surface area contributed by atoms with Gasteiger partial charge in [0, 0.05) is 6.20 Å². The maximum atomic E-state index is 11.7. The molecule has 0 radical (unpaired) electrons. The van der Waals surface area contributed by atoms with Crippen molar-refractivity contribution in [1.82, 2.24) is 4.98 Å². The van der Waals surface area contributed by atoms with Crippen molar-refractivity contribution < 1.29 is 4.79 Å². The molecular formula is C12H16N2O. The molecule has 1 saturated carbocycles. The molecule has 80 valence electrons. The Morgan fingerprint density at radius 3 is 2.73 bits per heavy atom. The van der Waals surface area contributed by atoms with E-state index in [1.165, 1.54) is 0 Å². The Hall–Kier alpha value is -1.38. The van der Waals surface area contributed by atoms with Crippen LogP contribution in [0.25, 0.3) is 0 Å². The molecule has 1 atom stereocenters. The van der Waals surface area contributed by atoms with Crippen LogP contribution in [-0.2, 0) is 10.2 Å². The van der Waals surface area contributed by atoms with Crippen LogP contribution in [0.3, 0.4) is 0 Å². The minimum absolute atomic E-state index is 0.230. The van der Waals surface area contributed by atoms with Gasteiger partial charge in [-0.25, -0.2) is 0 Å². The first kappa shape index (κ1) is 10.1. The van der Waals surface area contributed by atoms with Gasteiger partial charge in [0.25, 0.3) is 0 Å². The highest BCUT2D eigenvalue weighted by Gasteiger charge is 2.50. The fourth-order valence-corrected chi connectivity index (χ4v) is 2.38. The summed E-state index contributed by atoms with van der Waals surface area (Å²) in [7, 11) is 0. The van der Waals surface area contributed by atoms with E-state index in [1.54, 1.807) is 6.20 Å². The molecule has 1 heterocycles. The van der Waals surface area contributed by atoms with Gasteiger partial charge in [-0.2, -0.15) is 0 Å². The molecule has 15 heavy (non-hydrogen) atoms. The lowest BCUT2D eigenvalue weighted by molar-refractivity contribution is -0.124. The average molecular weight is 204 g/mol. The summed E-state index contributed by atoms with van der Waals surface area (Å²) in [6.45, 7) is 2.01. The van der Waals surface area contributed by atoms with Gasteiger partial charge in [-0.1, -0.05) is 13.0 Å². The largest absolute Gasteiger partial charge is 0.369 e. The van der Waals surface area contributed by atoms with E-state index in [0.717, 1.165) is 25.0 Å². The smallest absolute Gasteiger partial charge is 0.229 e. The number of rotatable bonds is 4. The van der Waals surface area contributed by atoms with Crippen LogP contribution in [0.2, 0.25) is 0 Å². The number of aromatic nitrogens is 1. The summed E-state index contributed by atoms with van der Waals surface area (Å²) in [5, 5.41) is 0. The van der Waals surface area contributed by atoms with Gasteiger partial charge in [-0.3, -0.25) is 9.78 Å². The van der Waals surface area contributed by atoms with E-state index in [1.807, 2.05) is 25.1 Å². The third kappa shape index (κ3) is 1.52. The monoisotopic (exact) mass is 204 g/mol. The van der Waals surface area contributed by atoms with Crippen molar-refractivity contribution in [3.8, 4) is 0 Å². The summed E-state index contributed by atoms with van der Waals surface area (Å²) in [5.74, 6) is 0.168. The Balaban J connectivity index is 2.45. The zero-order valence-electron chi connectivity index (χ0n) is 8.94. The molecule has 1 fully saturated rings. The van der Waals surface area contributed by atoms with Crippen LogP contribution in [0.4, 0.5) is 0 Å². The van der Waals surface area contributed by atoms with Crippen LogP contribution < -0.4 is 5.73 Å². The van der Waals surface area contributed by atoms with E-state index in [0.29, 0.717) is 5.92 Å². The Labute approximate surface area is 89.7 Å². The van der Waals surface area contributed by atoms with Crippen molar-refractivity contribution in [2.45, 2.75) is 31.6 Å². The number of nitrogens with two attached hydrogens (primary N) is 1. The molecule has 0 bridgehead atoms. The quantitative estimate of drug-likeness (QED) is 0.810. The van der Waals surface area contributed by atoms with Gasteiger partial charge in [0.2, 0.25) is 5.91 Å². The molecule has 1 aromatic rings. The molecule has 2 N–H and O–H groups in total. The van der Waals surface area contributed by atoms with Gasteiger partial charge in [-0.05, 0) is 37.3 Å². The number of carbonyl (C=O) groups excluding carboxylic acids is 1. The highest BCUT2D eigenvalue weighted by molar-refractivity contribution is 5.87. The summed E-state index contributed by atoms with van der Waals surface area (Å²) in [6, 6.07) is 5.68. The third-order valence-corrected chi connectivity index (χ3v) is 3.39. The molecule has 0 aliphatic heterocycles. The maximum Gasteiger partial charge on any atom is 0.229 e. The van der Waals surface area contributed by atoms with E-state index in [9.17, 15) is 4.79 Å². The van der Waals surface area contributed by atoms with Crippen molar-refractivity contribution in [3.63, 3.8) is 0 Å². The Morgan fingerprint density at radius 2 is 2.33 bits per heavy atom. The van der Waals surface area contributed by atoms with E-state index < -0.39 is 5.41 Å². The van der Waals surface area contributed by atoms with E-state index in [-0.39, 0.29) is 5.91 Å². The normalized spacial score (nSPS) is 19.5. The lowest BCUT2D eigenvalue weighted by Crippen LogP contribution is -2.43. The first-order chi connectivity index (χ1) is 7.21. The van der Waals surface area contributed by atoms with Crippen molar-refractivity contribution >= 4 is 5.91 Å². The SMILES string of the molecule is CCC(C(N)=O)(c1ccccn1)C1CC1. The lowest BCUT2D eigenvalue weighted by atomic mass is 9.76. The van der Waals surface area contributed by atoms with Gasteiger partial charge >= 0.3 is 0 Å². The summed E-state index contributed by atoms with van der Waals surface area (Å²) in [5.41, 5.74) is 5.89. The Kier molecular flexibility index (Phi) is 2.47. The van der Waals surface area contributed by atoms with Gasteiger partial charge in [0.1, 0.15) is 0 Å². The van der Waals surface area contributed by atoms with Crippen molar-refractivity contribution in [2.24, 2.45) is 11.7 Å². The summed E-state index contributed by atoms with van der Waals surface area (Å²) < 4.78 is 0. The van der Waals surface area contributed by atoms with Gasteiger partial charge < -0.3 is 5.73 Å². The van der Waals surface area contributed by atoms with Crippen LogP contribution in [-0.4, -0.2) is 10.9 Å². The molecule has 1 amide bonds. The van der Waals surface area contributed by atoms with E-state index in [2.05, 4.69) is 4.98 Å². The molecule has 0 saturated heterocycles. The fraction of sp³-hybridized carbons (Fsp3) is 0.500. The fourth-order valence-electron chi connectivity index (χ4n) is 2.38. The summed E-state index contributed by atoms with van der Waals surface area (Å²) in [4.78, 5) is 16.0. The third-order valence-electron chi connectivity index (χ3n) is 3.39. The van der Waals surface area contributed by atoms with Crippen LogP contribution in [0.15, 0.2) is 24.4 Å². The van der Waals surface area contributed by atoms with Crippen molar-refractivity contribution in [3.05, 3.63) is 30.1 Å². The van der Waals surface area contributed by atoms with Crippen molar-refractivity contribution in [2.75, 3.05) is 0 Å². The number of hydrogen-bond donors (Lipinski definition) is 1. The van der Waals surface area contributed by atoms with Crippen molar-refractivity contribution in [1.29, 1.82) is 0 Å². The number of amides is 1. The second-order valence-corrected chi connectivity index (χ2v) is 4.18. The molecule has 2 rings (SSSR count). The molecular weight excluding hydrogens is 188 g/mol. The molecule has 3 heteroatoms. The molecule has 1 aromatic heterocycles. The molecule has 1 aliphatic rings. The first-order valence-corrected chi connectivity index (χ1v) is 5.43. The lowest BCUT2D eigenvalue weighted by Gasteiger charge is -2.28. The van der Waals surface area contributed by atoms with Gasteiger partial charge in [-0.15, -0.1) is 0 Å². The predicted octanol–water partition coefficient (Wildman–Crippen LogP) is 1.62. The predicted molar refractivity (Wildman–Crippen MR) is 58.1 cm³/mol. The zero-order valence-corrected chi connectivity index (χ0v) is 8.94. The highest BCUT2D eigenvalue weighted by atomic mass is 16.1. The molecule has 0 aromatic carbocycles. The molecule has 1 unspecified atom stereocenters. The van der Waals surface area contributed by atoms with Crippen LogP contribution in [0.5, 0.6) is 0 Å². The number of primary amides is 1. The van der Waals surface area contributed by atoms with Crippen LogP contribution >= 0.6 is 0 Å². The summed E-state index contributed by atoms with van der Waals surface area (Å²) >= 11 is 0. The number of carbonyl (C=O) groups is 1. The molecule has 1 aliphatic carbocycles. The number of nitrogens with zero attached hydrogens (tertiary/aromatic N) is 1. The maximum absolute atomic E-state index is 11.7. The molecule has 0 spiro atoms. The summed E-state index contributed by atoms with van der Waals surface area (Å²) in [6.07, 6.45) is 4.65. The van der Waals surface area contributed by atoms with Crippen LogP contribution in [0, 0.1) is 5.92 Å². The first-order valence-electron chi connectivity index (χ1n) is 5.43. The standard InChI is InChI=1S/C12H16N2O/c1-2-12(11(13)15,9-6-7-9)10-5-3-4-8-14-10/h3-5,8-9H,2,6-7H2,1H3,(H2,13,15). The number of pyridine rings is 1. The highest BCUT2D eigenvalue weighted by Crippen LogP contribution is 2.48. The minimum Gasteiger partial charge on any atom is -0.369 e. The number of hydrogen-bond acceptors (Lipinski definition) is 2. The van der Waals surface area contributed by atoms with Gasteiger partial charge in [0.15, 0.2) is 0 Å². The topological polar surface area (TPSA) is 56.0 Å². The second kappa shape index (κ2) is 3.65. The second-order valence-electron chi connectivity index (χ2n) is 4.18. The van der Waals surface area contributed by atoms with E-state index in [4.69, 9.17) is 5.73 Å².